The van der Waals surface area contributed by atoms with E-state index in [4.69, 9.17) is 0 Å². The number of carbonyl (C=O) groups excluding carboxylic acids is 2. The summed E-state index contributed by atoms with van der Waals surface area (Å²) in [4.78, 5) is 26.9. The van der Waals surface area contributed by atoms with E-state index >= 15 is 0 Å². The maximum absolute atomic E-state index is 12.9. The molecule has 5 heteroatoms. The zero-order valence-corrected chi connectivity index (χ0v) is 15.6. The van der Waals surface area contributed by atoms with Gasteiger partial charge in [-0.2, -0.15) is 0 Å². The van der Waals surface area contributed by atoms with E-state index in [1.807, 2.05) is 4.90 Å². The lowest BCUT2D eigenvalue weighted by molar-refractivity contribution is 0.0697. The Bertz CT molecular complexity index is 796. The molecule has 0 radical (unpaired) electrons. The molecular formula is C22H25FN2O2. The maximum Gasteiger partial charge on any atom is 0.253 e. The van der Waals surface area contributed by atoms with Crippen LogP contribution in [-0.2, 0) is 6.42 Å². The molecule has 0 spiro atoms. The van der Waals surface area contributed by atoms with Crippen LogP contribution in [0.1, 0.15) is 46.0 Å². The van der Waals surface area contributed by atoms with Crippen LogP contribution in [-0.4, -0.2) is 36.3 Å². The monoisotopic (exact) mass is 368 g/mol. The molecule has 1 saturated heterocycles. The first-order valence-corrected chi connectivity index (χ1v) is 9.45. The van der Waals surface area contributed by atoms with E-state index in [1.54, 1.807) is 36.4 Å². The summed E-state index contributed by atoms with van der Waals surface area (Å²) in [5.74, 6) is 0.168. The predicted molar refractivity (Wildman–Crippen MR) is 103 cm³/mol. The molecule has 0 bridgehead atoms. The Morgan fingerprint density at radius 2 is 1.74 bits per heavy atom. The van der Waals surface area contributed by atoms with Crippen molar-refractivity contribution in [3.8, 4) is 0 Å². The standard InChI is InChI=1S/C22H25FN2O2/c1-16-10-13-25(14-11-16)22(27)19-4-2-3-18(15-19)21(26)24-12-9-17-5-7-20(23)8-6-17/h2-8,15-16H,9-14H2,1H3,(H,24,26). The number of rotatable bonds is 5. The minimum atomic E-state index is -0.271. The summed E-state index contributed by atoms with van der Waals surface area (Å²) in [6.45, 7) is 4.20. The van der Waals surface area contributed by atoms with Gasteiger partial charge in [-0.25, -0.2) is 4.39 Å². The Balaban J connectivity index is 1.56. The van der Waals surface area contributed by atoms with Crippen molar-refractivity contribution in [2.24, 2.45) is 5.92 Å². The molecular weight excluding hydrogens is 343 g/mol. The van der Waals surface area contributed by atoms with Crippen LogP contribution < -0.4 is 5.32 Å². The molecule has 1 N–H and O–H groups in total. The molecule has 0 aromatic heterocycles. The van der Waals surface area contributed by atoms with Gasteiger partial charge in [-0.3, -0.25) is 9.59 Å². The van der Waals surface area contributed by atoms with E-state index in [9.17, 15) is 14.0 Å². The number of nitrogens with one attached hydrogen (secondary N) is 1. The van der Waals surface area contributed by atoms with Crippen LogP contribution in [0.25, 0.3) is 0 Å². The van der Waals surface area contributed by atoms with Crippen molar-refractivity contribution in [1.29, 1.82) is 0 Å². The molecule has 4 nitrogen and oxygen atoms in total. The molecule has 0 saturated carbocycles. The van der Waals surface area contributed by atoms with Crippen molar-refractivity contribution in [1.82, 2.24) is 10.2 Å². The Hall–Kier alpha value is -2.69. The first kappa shape index (κ1) is 19.1. The highest BCUT2D eigenvalue weighted by molar-refractivity contribution is 5.99. The Labute approximate surface area is 159 Å². The Morgan fingerprint density at radius 1 is 1.07 bits per heavy atom. The molecule has 1 aliphatic rings. The van der Waals surface area contributed by atoms with Gasteiger partial charge in [-0.05, 0) is 61.1 Å². The molecule has 0 atom stereocenters. The van der Waals surface area contributed by atoms with Gasteiger partial charge in [-0.15, -0.1) is 0 Å². The molecule has 0 unspecified atom stereocenters. The van der Waals surface area contributed by atoms with Crippen LogP contribution in [0.2, 0.25) is 0 Å². The Morgan fingerprint density at radius 3 is 2.44 bits per heavy atom. The lowest BCUT2D eigenvalue weighted by Crippen LogP contribution is -2.38. The number of likely N-dealkylation sites (tertiary alicyclic amines) is 1. The molecule has 1 fully saturated rings. The van der Waals surface area contributed by atoms with Gasteiger partial charge < -0.3 is 10.2 Å². The number of hydrogen-bond acceptors (Lipinski definition) is 2. The molecule has 2 amide bonds. The van der Waals surface area contributed by atoms with E-state index < -0.39 is 0 Å². The van der Waals surface area contributed by atoms with Gasteiger partial charge in [0.05, 0.1) is 0 Å². The maximum atomic E-state index is 12.9. The summed E-state index contributed by atoms with van der Waals surface area (Å²) in [6, 6.07) is 13.1. The summed E-state index contributed by atoms with van der Waals surface area (Å²) < 4.78 is 12.9. The molecule has 0 aliphatic carbocycles. The van der Waals surface area contributed by atoms with Crippen molar-refractivity contribution >= 4 is 11.8 Å². The summed E-state index contributed by atoms with van der Waals surface area (Å²) in [5.41, 5.74) is 1.99. The molecule has 142 valence electrons. The number of nitrogens with zero attached hydrogens (tertiary/aromatic N) is 1. The van der Waals surface area contributed by atoms with E-state index in [1.165, 1.54) is 12.1 Å². The molecule has 27 heavy (non-hydrogen) atoms. The SMILES string of the molecule is CC1CCN(C(=O)c2cccc(C(=O)NCCc3ccc(F)cc3)c2)CC1. The Kier molecular flexibility index (Phi) is 6.22. The van der Waals surface area contributed by atoms with E-state index in [0.717, 1.165) is 31.5 Å². The first-order valence-electron chi connectivity index (χ1n) is 9.45. The van der Waals surface area contributed by atoms with Gasteiger partial charge in [0.15, 0.2) is 0 Å². The van der Waals surface area contributed by atoms with Crippen molar-refractivity contribution < 1.29 is 14.0 Å². The number of amides is 2. The molecule has 1 heterocycles. The third kappa shape index (κ3) is 5.16. The zero-order valence-electron chi connectivity index (χ0n) is 15.6. The van der Waals surface area contributed by atoms with Gasteiger partial charge in [0.1, 0.15) is 5.82 Å². The van der Waals surface area contributed by atoms with Crippen molar-refractivity contribution in [2.45, 2.75) is 26.2 Å². The van der Waals surface area contributed by atoms with Crippen LogP contribution in [0.3, 0.4) is 0 Å². The largest absolute Gasteiger partial charge is 0.352 e. The normalized spacial score (nSPS) is 14.8. The van der Waals surface area contributed by atoms with Crippen LogP contribution in [0.5, 0.6) is 0 Å². The molecule has 1 aliphatic heterocycles. The topological polar surface area (TPSA) is 49.4 Å². The summed E-state index contributed by atoms with van der Waals surface area (Å²) in [5, 5.41) is 2.86. The zero-order chi connectivity index (χ0) is 19.2. The number of piperidine rings is 1. The van der Waals surface area contributed by atoms with Crippen LogP contribution in [0.15, 0.2) is 48.5 Å². The average molecular weight is 368 g/mol. The quantitative estimate of drug-likeness (QED) is 0.875. The minimum absolute atomic E-state index is 0.0112. The highest BCUT2D eigenvalue weighted by atomic mass is 19.1. The fourth-order valence-electron chi connectivity index (χ4n) is 3.26. The molecule has 2 aromatic carbocycles. The number of benzene rings is 2. The molecule has 3 rings (SSSR count). The summed E-state index contributed by atoms with van der Waals surface area (Å²) in [6.07, 6.45) is 2.67. The lowest BCUT2D eigenvalue weighted by Gasteiger charge is -2.30. The predicted octanol–water partition coefficient (Wildman–Crippen LogP) is 3.67. The van der Waals surface area contributed by atoms with Gasteiger partial charge in [0, 0.05) is 30.8 Å². The second kappa shape index (κ2) is 8.80. The van der Waals surface area contributed by atoms with Gasteiger partial charge in [0.2, 0.25) is 0 Å². The van der Waals surface area contributed by atoms with Crippen LogP contribution in [0, 0.1) is 11.7 Å². The van der Waals surface area contributed by atoms with Crippen molar-refractivity contribution in [3.63, 3.8) is 0 Å². The van der Waals surface area contributed by atoms with Gasteiger partial charge >= 0.3 is 0 Å². The molecule has 2 aromatic rings. The summed E-state index contributed by atoms with van der Waals surface area (Å²) in [7, 11) is 0. The highest BCUT2D eigenvalue weighted by Gasteiger charge is 2.22. The lowest BCUT2D eigenvalue weighted by atomic mass is 9.98. The van der Waals surface area contributed by atoms with Crippen molar-refractivity contribution in [3.05, 3.63) is 71.0 Å². The van der Waals surface area contributed by atoms with Crippen LogP contribution >= 0.6 is 0 Å². The highest BCUT2D eigenvalue weighted by Crippen LogP contribution is 2.18. The van der Waals surface area contributed by atoms with Gasteiger partial charge in [-0.1, -0.05) is 25.1 Å². The third-order valence-electron chi connectivity index (χ3n) is 5.06. The van der Waals surface area contributed by atoms with E-state index in [-0.39, 0.29) is 17.6 Å². The van der Waals surface area contributed by atoms with E-state index in [2.05, 4.69) is 12.2 Å². The van der Waals surface area contributed by atoms with E-state index in [0.29, 0.717) is 30.0 Å². The van der Waals surface area contributed by atoms with Crippen molar-refractivity contribution in [2.75, 3.05) is 19.6 Å². The minimum Gasteiger partial charge on any atom is -0.352 e. The van der Waals surface area contributed by atoms with Gasteiger partial charge in [0.25, 0.3) is 11.8 Å². The third-order valence-corrected chi connectivity index (χ3v) is 5.06. The smallest absolute Gasteiger partial charge is 0.253 e. The first-order chi connectivity index (χ1) is 13.0. The average Bonchev–Trinajstić information content (AvgIpc) is 2.69. The number of halogens is 1. The number of hydrogen-bond donors (Lipinski definition) is 1. The second-order valence-corrected chi connectivity index (χ2v) is 7.19. The van der Waals surface area contributed by atoms with Crippen LogP contribution in [0.4, 0.5) is 4.39 Å². The second-order valence-electron chi connectivity index (χ2n) is 7.19. The fourth-order valence-corrected chi connectivity index (χ4v) is 3.26. The summed E-state index contributed by atoms with van der Waals surface area (Å²) >= 11 is 0. The number of carbonyl (C=O) groups is 2. The fraction of sp³-hybridized carbons (Fsp3) is 0.364.